The number of benzene rings is 1. The van der Waals surface area contributed by atoms with Crippen molar-refractivity contribution in [3.8, 4) is 11.1 Å². The van der Waals surface area contributed by atoms with Crippen LogP contribution in [0, 0.1) is 10.8 Å². The van der Waals surface area contributed by atoms with E-state index in [1.807, 2.05) is 24.3 Å². The fourth-order valence-electron chi connectivity index (χ4n) is 5.72. The van der Waals surface area contributed by atoms with Crippen LogP contribution in [-0.2, 0) is 7.05 Å². The molecule has 1 aliphatic carbocycles. The average Bonchev–Trinajstić information content (AvgIpc) is 3.10. The van der Waals surface area contributed by atoms with Gasteiger partial charge in [-0.3, -0.25) is 14.3 Å². The van der Waals surface area contributed by atoms with Gasteiger partial charge >= 0.3 is 0 Å². The number of fused-ring (bicyclic) bond motifs is 2. The van der Waals surface area contributed by atoms with Crippen LogP contribution >= 0.6 is 0 Å². The summed E-state index contributed by atoms with van der Waals surface area (Å²) in [7, 11) is 1.77. The minimum atomic E-state index is -0.0182. The van der Waals surface area contributed by atoms with E-state index in [0.717, 1.165) is 30.5 Å². The summed E-state index contributed by atoms with van der Waals surface area (Å²) in [5.74, 6) is 0.103. The highest BCUT2D eigenvalue weighted by Gasteiger charge is 2.50. The Morgan fingerprint density at radius 1 is 1.11 bits per heavy atom. The summed E-state index contributed by atoms with van der Waals surface area (Å²) in [5, 5.41) is 4.21. The number of carbonyl (C=O) groups is 2. The number of ketones is 1. The molecule has 1 aromatic heterocycles. The van der Waals surface area contributed by atoms with Gasteiger partial charge in [-0.1, -0.05) is 32.9 Å². The Morgan fingerprint density at radius 3 is 2.43 bits per heavy atom. The molecule has 5 heteroatoms. The summed E-state index contributed by atoms with van der Waals surface area (Å²) in [4.78, 5) is 27.3. The van der Waals surface area contributed by atoms with Crippen LogP contribution in [0.25, 0.3) is 11.1 Å². The second-order valence-corrected chi connectivity index (χ2v) is 9.81. The number of carbonyl (C=O) groups excluding carboxylic acids is 2. The lowest BCUT2D eigenvalue weighted by atomic mass is 9.65. The van der Waals surface area contributed by atoms with Crippen molar-refractivity contribution in [1.29, 1.82) is 0 Å². The van der Waals surface area contributed by atoms with Crippen LogP contribution in [-0.4, -0.2) is 39.0 Å². The molecule has 0 spiro atoms. The number of nitrogens with zero attached hydrogens (tertiary/aromatic N) is 3. The summed E-state index contributed by atoms with van der Waals surface area (Å²) >= 11 is 0. The van der Waals surface area contributed by atoms with Gasteiger partial charge in [0.25, 0.3) is 5.91 Å². The Morgan fingerprint density at radius 2 is 1.79 bits per heavy atom. The van der Waals surface area contributed by atoms with Gasteiger partial charge in [0.2, 0.25) is 0 Å². The minimum Gasteiger partial charge on any atom is -0.335 e. The molecule has 5 nitrogen and oxygen atoms in total. The number of likely N-dealkylation sites (tertiary alicyclic amines) is 1. The maximum absolute atomic E-state index is 13.2. The standard InChI is InChI=1S/C23H29N3O2/c1-15(27)20-19(12-24-25(20)5)16-6-8-17(9-7-16)21(28)26-14-23(4)11-18(26)10-22(2,3)13-23/h6-9,12,18H,10-11,13-14H2,1-5H3. The van der Waals surface area contributed by atoms with Gasteiger partial charge in [-0.2, -0.15) is 5.10 Å². The SMILES string of the molecule is CC(=O)c1c(-c2ccc(C(=O)N3CC4(C)CC3CC(C)(C)C4)cc2)cnn1C. The van der Waals surface area contributed by atoms with Gasteiger partial charge in [0.05, 0.1) is 6.20 Å². The van der Waals surface area contributed by atoms with E-state index in [1.165, 1.54) is 6.42 Å². The van der Waals surface area contributed by atoms with Crippen molar-refractivity contribution < 1.29 is 9.59 Å². The third-order valence-corrected chi connectivity index (χ3v) is 6.39. The maximum Gasteiger partial charge on any atom is 0.254 e. The second kappa shape index (κ2) is 6.29. The van der Waals surface area contributed by atoms with Crippen LogP contribution in [0.1, 0.15) is 67.8 Å². The van der Waals surface area contributed by atoms with E-state index in [2.05, 4.69) is 30.8 Å². The molecule has 1 aliphatic heterocycles. The first-order valence-corrected chi connectivity index (χ1v) is 10.0. The quantitative estimate of drug-likeness (QED) is 0.746. The van der Waals surface area contributed by atoms with E-state index in [-0.39, 0.29) is 17.1 Å². The highest BCUT2D eigenvalue weighted by Crippen LogP contribution is 2.52. The molecule has 2 bridgehead atoms. The number of hydrogen-bond acceptors (Lipinski definition) is 3. The molecule has 2 aliphatic rings. The molecule has 1 saturated carbocycles. The minimum absolute atomic E-state index is 0.0182. The van der Waals surface area contributed by atoms with E-state index < -0.39 is 0 Å². The normalized spacial score (nSPS) is 25.8. The van der Waals surface area contributed by atoms with Crippen molar-refractivity contribution in [3.05, 3.63) is 41.7 Å². The Kier molecular flexibility index (Phi) is 4.25. The van der Waals surface area contributed by atoms with E-state index in [0.29, 0.717) is 22.7 Å². The van der Waals surface area contributed by atoms with E-state index in [4.69, 9.17) is 0 Å². The van der Waals surface area contributed by atoms with Crippen LogP contribution in [0.2, 0.25) is 0 Å². The summed E-state index contributed by atoms with van der Waals surface area (Å²) < 4.78 is 1.60. The first-order chi connectivity index (χ1) is 13.1. The predicted octanol–water partition coefficient (Wildman–Crippen LogP) is 4.33. The van der Waals surface area contributed by atoms with Crippen molar-refractivity contribution in [2.45, 2.75) is 53.0 Å². The van der Waals surface area contributed by atoms with Crippen molar-refractivity contribution in [2.24, 2.45) is 17.9 Å². The topological polar surface area (TPSA) is 55.2 Å². The smallest absolute Gasteiger partial charge is 0.254 e. The summed E-state index contributed by atoms with van der Waals surface area (Å²) in [5.41, 5.74) is 3.53. The number of Topliss-reactive ketones (excluding diaryl/α,β-unsaturated/α-hetero) is 1. The number of aromatic nitrogens is 2. The highest BCUT2D eigenvalue weighted by molar-refractivity contribution is 6.00. The van der Waals surface area contributed by atoms with Crippen LogP contribution in [0.5, 0.6) is 0 Å². The van der Waals surface area contributed by atoms with E-state index in [1.54, 1.807) is 24.9 Å². The first kappa shape index (κ1) is 18.9. The summed E-state index contributed by atoms with van der Waals surface area (Å²) in [6.45, 7) is 9.36. The van der Waals surface area contributed by atoms with Gasteiger partial charge < -0.3 is 4.90 Å². The fourth-order valence-corrected chi connectivity index (χ4v) is 5.72. The molecular formula is C23H29N3O2. The molecule has 0 N–H and O–H groups in total. The molecule has 1 saturated heterocycles. The lowest BCUT2D eigenvalue weighted by molar-refractivity contribution is 0.0708. The van der Waals surface area contributed by atoms with Crippen molar-refractivity contribution in [2.75, 3.05) is 6.54 Å². The zero-order valence-electron chi connectivity index (χ0n) is 17.5. The molecule has 28 heavy (non-hydrogen) atoms. The largest absolute Gasteiger partial charge is 0.335 e. The Hall–Kier alpha value is -2.43. The molecule has 1 aromatic carbocycles. The Bertz CT molecular complexity index is 941. The Balaban J connectivity index is 1.59. The average molecular weight is 380 g/mol. The molecule has 2 unspecified atom stereocenters. The van der Waals surface area contributed by atoms with Crippen LogP contribution in [0.15, 0.2) is 30.5 Å². The molecule has 2 aromatic rings. The lowest BCUT2D eigenvalue weighted by Crippen LogP contribution is -2.37. The third kappa shape index (κ3) is 3.17. The second-order valence-electron chi connectivity index (χ2n) is 9.81. The molecule has 1 amide bonds. The van der Waals surface area contributed by atoms with E-state index >= 15 is 0 Å². The number of aryl methyl sites for hydroxylation is 1. The number of hydrogen-bond donors (Lipinski definition) is 0. The van der Waals surface area contributed by atoms with Crippen LogP contribution in [0.4, 0.5) is 0 Å². The van der Waals surface area contributed by atoms with Crippen molar-refractivity contribution in [1.82, 2.24) is 14.7 Å². The van der Waals surface area contributed by atoms with Crippen molar-refractivity contribution in [3.63, 3.8) is 0 Å². The van der Waals surface area contributed by atoms with Crippen LogP contribution in [0.3, 0.4) is 0 Å². The zero-order valence-corrected chi connectivity index (χ0v) is 17.5. The summed E-state index contributed by atoms with van der Waals surface area (Å²) in [6.07, 6.45) is 5.07. The molecular weight excluding hydrogens is 350 g/mol. The molecule has 2 fully saturated rings. The number of amides is 1. The molecule has 0 radical (unpaired) electrons. The van der Waals surface area contributed by atoms with Crippen LogP contribution < -0.4 is 0 Å². The third-order valence-electron chi connectivity index (χ3n) is 6.39. The molecule has 4 rings (SSSR count). The fraction of sp³-hybridized carbons (Fsp3) is 0.522. The van der Waals surface area contributed by atoms with Gasteiger partial charge in [0, 0.05) is 37.7 Å². The first-order valence-electron chi connectivity index (χ1n) is 10.0. The highest BCUT2D eigenvalue weighted by atomic mass is 16.2. The molecule has 2 heterocycles. The summed E-state index contributed by atoms with van der Waals surface area (Å²) in [6, 6.07) is 7.94. The monoisotopic (exact) mass is 379 g/mol. The van der Waals surface area contributed by atoms with Gasteiger partial charge in [-0.25, -0.2) is 0 Å². The van der Waals surface area contributed by atoms with Crippen molar-refractivity contribution >= 4 is 11.7 Å². The van der Waals surface area contributed by atoms with E-state index in [9.17, 15) is 9.59 Å². The van der Waals surface area contributed by atoms with Gasteiger partial charge in [0.15, 0.2) is 5.78 Å². The molecule has 148 valence electrons. The number of rotatable bonds is 3. The van der Waals surface area contributed by atoms with Gasteiger partial charge in [-0.05, 0) is 47.8 Å². The maximum atomic E-state index is 13.2. The molecule has 2 atom stereocenters. The predicted molar refractivity (Wildman–Crippen MR) is 109 cm³/mol. The lowest BCUT2D eigenvalue weighted by Gasteiger charge is -2.39. The van der Waals surface area contributed by atoms with Gasteiger partial charge in [0.1, 0.15) is 5.69 Å². The Labute approximate surface area is 166 Å². The zero-order chi connectivity index (χ0) is 20.3. The van der Waals surface area contributed by atoms with Gasteiger partial charge in [-0.15, -0.1) is 0 Å².